The van der Waals surface area contributed by atoms with Gasteiger partial charge in [-0.15, -0.1) is 0 Å². The van der Waals surface area contributed by atoms with E-state index in [2.05, 4.69) is 17.6 Å². The molecule has 2 amide bonds. The number of amides is 2. The standard InChI is InChI=1S/C14H17ClN2O3/c1-2-14(5-6-14)8-16-13(20)17-9-3-4-11(15)10(7-9)12(18)19/h3-4,7H,2,5-6,8H2,1H3,(H,18,19)(H2,16,17,20). The first kappa shape index (κ1) is 14.7. The number of carboxylic acids is 1. The molecule has 2 rings (SSSR count). The van der Waals surface area contributed by atoms with E-state index in [0.29, 0.717) is 12.2 Å². The summed E-state index contributed by atoms with van der Waals surface area (Å²) in [7, 11) is 0. The largest absolute Gasteiger partial charge is 0.478 e. The summed E-state index contributed by atoms with van der Waals surface area (Å²) in [6.45, 7) is 2.76. The Morgan fingerprint density at radius 3 is 2.65 bits per heavy atom. The minimum atomic E-state index is -1.12. The molecule has 5 nitrogen and oxygen atoms in total. The zero-order valence-electron chi connectivity index (χ0n) is 11.2. The fourth-order valence-electron chi connectivity index (χ4n) is 2.04. The molecule has 108 valence electrons. The van der Waals surface area contributed by atoms with Crippen LogP contribution in [0.15, 0.2) is 18.2 Å². The molecule has 0 spiro atoms. The van der Waals surface area contributed by atoms with Gasteiger partial charge in [0, 0.05) is 12.2 Å². The van der Waals surface area contributed by atoms with Crippen molar-refractivity contribution in [3.63, 3.8) is 0 Å². The van der Waals surface area contributed by atoms with Gasteiger partial charge in [-0.2, -0.15) is 0 Å². The van der Waals surface area contributed by atoms with Gasteiger partial charge in [-0.05, 0) is 42.9 Å². The summed E-state index contributed by atoms with van der Waals surface area (Å²) in [6.07, 6.45) is 3.35. The van der Waals surface area contributed by atoms with Crippen LogP contribution in [0.4, 0.5) is 10.5 Å². The Morgan fingerprint density at radius 2 is 2.10 bits per heavy atom. The van der Waals surface area contributed by atoms with Gasteiger partial charge in [-0.1, -0.05) is 18.5 Å². The van der Waals surface area contributed by atoms with Crippen molar-refractivity contribution in [3.05, 3.63) is 28.8 Å². The molecule has 0 heterocycles. The molecular weight excluding hydrogens is 280 g/mol. The fraction of sp³-hybridized carbons (Fsp3) is 0.429. The molecule has 1 aliphatic rings. The average Bonchev–Trinajstić information content (AvgIpc) is 3.19. The molecule has 6 heteroatoms. The maximum atomic E-state index is 11.8. The molecule has 1 fully saturated rings. The number of carboxylic acid groups (broad SMARTS) is 1. The van der Waals surface area contributed by atoms with Gasteiger partial charge < -0.3 is 15.7 Å². The van der Waals surface area contributed by atoms with Gasteiger partial charge in [0.25, 0.3) is 0 Å². The lowest BCUT2D eigenvalue weighted by molar-refractivity contribution is 0.0697. The van der Waals surface area contributed by atoms with Gasteiger partial charge in [0.1, 0.15) is 0 Å². The smallest absolute Gasteiger partial charge is 0.337 e. The molecule has 0 atom stereocenters. The van der Waals surface area contributed by atoms with Crippen molar-refractivity contribution >= 4 is 29.3 Å². The predicted molar refractivity (Wildman–Crippen MR) is 77.4 cm³/mol. The van der Waals surface area contributed by atoms with Crippen LogP contribution < -0.4 is 10.6 Å². The highest BCUT2D eigenvalue weighted by Gasteiger charge is 2.40. The quantitative estimate of drug-likeness (QED) is 0.779. The van der Waals surface area contributed by atoms with Crippen molar-refractivity contribution in [1.29, 1.82) is 0 Å². The van der Waals surface area contributed by atoms with Gasteiger partial charge in [-0.25, -0.2) is 9.59 Å². The second-order valence-corrected chi connectivity index (χ2v) is 5.57. The van der Waals surface area contributed by atoms with E-state index in [1.165, 1.54) is 12.1 Å². The van der Waals surface area contributed by atoms with E-state index in [9.17, 15) is 9.59 Å². The summed E-state index contributed by atoms with van der Waals surface area (Å²) in [6, 6.07) is 4.04. The first-order chi connectivity index (χ1) is 9.46. The van der Waals surface area contributed by atoms with E-state index in [4.69, 9.17) is 16.7 Å². The first-order valence-corrected chi connectivity index (χ1v) is 6.91. The van der Waals surface area contributed by atoms with Crippen LogP contribution in [0.1, 0.15) is 36.5 Å². The van der Waals surface area contributed by atoms with Gasteiger partial charge in [0.15, 0.2) is 0 Å². The number of urea groups is 1. The third kappa shape index (κ3) is 3.42. The van der Waals surface area contributed by atoms with Crippen LogP contribution in [-0.4, -0.2) is 23.7 Å². The molecule has 1 aliphatic carbocycles. The number of hydrogen-bond donors (Lipinski definition) is 3. The topological polar surface area (TPSA) is 78.4 Å². The number of carbonyl (C=O) groups excluding carboxylic acids is 1. The highest BCUT2D eigenvalue weighted by Crippen LogP contribution is 2.47. The number of aromatic carboxylic acids is 1. The van der Waals surface area contributed by atoms with Crippen LogP contribution in [0.3, 0.4) is 0 Å². The van der Waals surface area contributed by atoms with Gasteiger partial charge >= 0.3 is 12.0 Å². The van der Waals surface area contributed by atoms with Crippen molar-refractivity contribution < 1.29 is 14.7 Å². The highest BCUT2D eigenvalue weighted by molar-refractivity contribution is 6.33. The number of benzene rings is 1. The molecule has 0 aliphatic heterocycles. The summed E-state index contributed by atoms with van der Waals surface area (Å²) >= 11 is 5.77. The normalized spacial score (nSPS) is 15.5. The third-order valence-corrected chi connectivity index (χ3v) is 4.12. The molecular formula is C14H17ClN2O3. The molecule has 1 aromatic rings. The molecule has 0 saturated heterocycles. The Bertz CT molecular complexity index is 541. The maximum Gasteiger partial charge on any atom is 0.337 e. The summed E-state index contributed by atoms with van der Waals surface area (Å²) in [4.78, 5) is 22.7. The highest BCUT2D eigenvalue weighted by atomic mass is 35.5. The first-order valence-electron chi connectivity index (χ1n) is 6.53. The van der Waals surface area contributed by atoms with Crippen LogP contribution >= 0.6 is 11.6 Å². The van der Waals surface area contributed by atoms with Crippen molar-refractivity contribution in [2.75, 3.05) is 11.9 Å². The van der Waals surface area contributed by atoms with Crippen molar-refractivity contribution in [3.8, 4) is 0 Å². The van der Waals surface area contributed by atoms with E-state index in [-0.39, 0.29) is 22.0 Å². The van der Waals surface area contributed by atoms with E-state index in [1.807, 2.05) is 0 Å². The van der Waals surface area contributed by atoms with Gasteiger partial charge in [0.2, 0.25) is 0 Å². The van der Waals surface area contributed by atoms with Crippen LogP contribution in [0, 0.1) is 5.41 Å². The number of hydrogen-bond acceptors (Lipinski definition) is 2. The van der Waals surface area contributed by atoms with Crippen LogP contribution in [-0.2, 0) is 0 Å². The third-order valence-electron chi connectivity index (χ3n) is 3.79. The number of rotatable bonds is 5. The zero-order valence-corrected chi connectivity index (χ0v) is 12.0. The van der Waals surface area contributed by atoms with Crippen molar-refractivity contribution in [2.24, 2.45) is 5.41 Å². The molecule has 1 aromatic carbocycles. The molecule has 1 saturated carbocycles. The van der Waals surface area contributed by atoms with Gasteiger partial charge in [-0.3, -0.25) is 0 Å². The zero-order chi connectivity index (χ0) is 14.8. The number of nitrogens with one attached hydrogen (secondary N) is 2. The lowest BCUT2D eigenvalue weighted by Crippen LogP contribution is -2.33. The summed E-state index contributed by atoms with van der Waals surface area (Å²) in [5.41, 5.74) is 0.645. The molecule has 0 aromatic heterocycles. The number of halogens is 1. The van der Waals surface area contributed by atoms with E-state index in [1.54, 1.807) is 6.07 Å². The van der Waals surface area contributed by atoms with E-state index < -0.39 is 5.97 Å². The lowest BCUT2D eigenvalue weighted by atomic mass is 10.0. The SMILES string of the molecule is CCC1(CNC(=O)Nc2ccc(Cl)c(C(=O)O)c2)CC1. The monoisotopic (exact) mass is 296 g/mol. The average molecular weight is 297 g/mol. The predicted octanol–water partition coefficient (Wildman–Crippen LogP) is 3.35. The van der Waals surface area contributed by atoms with Crippen molar-refractivity contribution in [1.82, 2.24) is 5.32 Å². The lowest BCUT2D eigenvalue weighted by Gasteiger charge is -2.14. The van der Waals surface area contributed by atoms with Crippen LogP contribution in [0.5, 0.6) is 0 Å². The minimum absolute atomic E-state index is 0.0308. The fourth-order valence-corrected chi connectivity index (χ4v) is 2.24. The molecule has 3 N–H and O–H groups in total. The Morgan fingerprint density at radius 1 is 1.40 bits per heavy atom. The second-order valence-electron chi connectivity index (χ2n) is 5.16. The Balaban J connectivity index is 1.94. The minimum Gasteiger partial charge on any atom is -0.478 e. The summed E-state index contributed by atoms with van der Waals surface area (Å²) in [5.74, 6) is -1.12. The van der Waals surface area contributed by atoms with Crippen LogP contribution in [0.25, 0.3) is 0 Å². The second kappa shape index (κ2) is 5.71. The summed E-state index contributed by atoms with van der Waals surface area (Å²) < 4.78 is 0. The number of anilines is 1. The maximum absolute atomic E-state index is 11.8. The molecule has 0 bridgehead atoms. The van der Waals surface area contributed by atoms with Crippen LogP contribution in [0.2, 0.25) is 5.02 Å². The Hall–Kier alpha value is -1.75. The van der Waals surface area contributed by atoms with Crippen molar-refractivity contribution in [2.45, 2.75) is 26.2 Å². The molecule has 0 radical (unpaired) electrons. The molecule has 0 unspecified atom stereocenters. The van der Waals surface area contributed by atoms with E-state index in [0.717, 1.165) is 19.3 Å². The Labute approximate surface area is 122 Å². The Kier molecular flexibility index (Phi) is 4.18. The summed E-state index contributed by atoms with van der Waals surface area (Å²) in [5, 5.41) is 14.5. The molecule has 20 heavy (non-hydrogen) atoms. The van der Waals surface area contributed by atoms with Gasteiger partial charge in [0.05, 0.1) is 10.6 Å². The van der Waals surface area contributed by atoms with E-state index >= 15 is 0 Å². The number of carbonyl (C=O) groups is 2.